The SMILES string of the molecule is COc1ncc(-c2ccc(C(C(=O)NCC(C)C)C3CCC(Nc4ncc(C(C)(C)C)c(N5CCC6(CC5)COC6)n4)CC3)nc2)cn1. The summed E-state index contributed by atoms with van der Waals surface area (Å²) in [5.74, 6) is 2.04. The molecule has 5 heterocycles. The second kappa shape index (κ2) is 14.3. The van der Waals surface area contributed by atoms with Gasteiger partial charge in [-0.15, -0.1) is 0 Å². The Morgan fingerprint density at radius 2 is 1.67 bits per heavy atom. The summed E-state index contributed by atoms with van der Waals surface area (Å²) in [6.45, 7) is 15.4. The van der Waals surface area contributed by atoms with Gasteiger partial charge in [-0.25, -0.2) is 15.0 Å². The standard InChI is InChI=1S/C37H52N8O3/c1-24(2)17-39-33(46)31(30-12-9-26(18-38-30)27-19-41-35(47-6)42-20-27)25-7-10-28(11-8-25)43-34-40-21-29(36(3,4)5)32(44-34)45-15-13-37(14-16-45)22-48-23-37/h9,12,18-21,24-25,28,31H,7-8,10-11,13-17,22-23H2,1-6H3,(H,39,46)(H,40,43,44). The molecule has 258 valence electrons. The predicted molar refractivity (Wildman–Crippen MR) is 187 cm³/mol. The van der Waals surface area contributed by atoms with E-state index >= 15 is 0 Å². The molecule has 2 aliphatic heterocycles. The molecule has 0 aromatic carbocycles. The summed E-state index contributed by atoms with van der Waals surface area (Å²) in [7, 11) is 1.55. The number of anilines is 2. The minimum Gasteiger partial charge on any atom is -0.467 e. The summed E-state index contributed by atoms with van der Waals surface area (Å²) in [6.07, 6.45) is 13.3. The molecule has 2 N–H and O–H groups in total. The molecule has 11 heteroatoms. The molecule has 1 aliphatic carbocycles. The molecule has 6 rings (SSSR count). The van der Waals surface area contributed by atoms with E-state index in [1.807, 2.05) is 24.5 Å². The molecular formula is C37H52N8O3. The van der Waals surface area contributed by atoms with Gasteiger partial charge < -0.3 is 25.0 Å². The van der Waals surface area contributed by atoms with Crippen LogP contribution in [0.5, 0.6) is 6.01 Å². The zero-order valence-corrected chi connectivity index (χ0v) is 29.5. The van der Waals surface area contributed by atoms with Crippen LogP contribution in [-0.4, -0.2) is 76.8 Å². The molecule has 1 unspecified atom stereocenters. The number of carbonyl (C=O) groups is 1. The van der Waals surface area contributed by atoms with Crippen molar-refractivity contribution in [1.29, 1.82) is 0 Å². The highest BCUT2D eigenvalue weighted by Crippen LogP contribution is 2.42. The average Bonchev–Trinajstić information content (AvgIpc) is 3.07. The van der Waals surface area contributed by atoms with Crippen molar-refractivity contribution in [2.45, 2.75) is 90.5 Å². The van der Waals surface area contributed by atoms with Crippen molar-refractivity contribution in [3.63, 3.8) is 0 Å². The van der Waals surface area contributed by atoms with Crippen LogP contribution in [0.1, 0.15) is 90.3 Å². The summed E-state index contributed by atoms with van der Waals surface area (Å²) in [4.78, 5) is 39.3. The Labute approximate surface area is 285 Å². The van der Waals surface area contributed by atoms with Crippen LogP contribution in [-0.2, 0) is 14.9 Å². The monoisotopic (exact) mass is 656 g/mol. The Morgan fingerprint density at radius 1 is 0.979 bits per heavy atom. The molecule has 3 aliphatic rings. The molecule has 48 heavy (non-hydrogen) atoms. The summed E-state index contributed by atoms with van der Waals surface area (Å²) in [5, 5.41) is 6.87. The number of nitrogens with one attached hydrogen (secondary N) is 2. The van der Waals surface area contributed by atoms with Crippen molar-refractivity contribution in [3.8, 4) is 17.1 Å². The second-order valence-corrected chi connectivity index (χ2v) is 15.5. The Hall–Kier alpha value is -3.86. The van der Waals surface area contributed by atoms with Crippen LogP contribution in [0.15, 0.2) is 36.9 Å². The lowest BCUT2D eigenvalue weighted by atomic mass is 9.76. The van der Waals surface area contributed by atoms with Gasteiger partial charge in [-0.1, -0.05) is 40.7 Å². The van der Waals surface area contributed by atoms with Crippen molar-refractivity contribution in [3.05, 3.63) is 48.2 Å². The van der Waals surface area contributed by atoms with Crippen LogP contribution >= 0.6 is 0 Å². The highest BCUT2D eigenvalue weighted by atomic mass is 16.5. The minimum absolute atomic E-state index is 0.0515. The van der Waals surface area contributed by atoms with E-state index in [2.05, 4.69) is 60.1 Å². The average molecular weight is 657 g/mol. The molecule has 0 bridgehead atoms. The molecule has 2 saturated heterocycles. The lowest BCUT2D eigenvalue weighted by Gasteiger charge is -2.48. The maximum Gasteiger partial charge on any atom is 0.316 e. The van der Waals surface area contributed by atoms with Gasteiger partial charge >= 0.3 is 6.01 Å². The van der Waals surface area contributed by atoms with Crippen molar-refractivity contribution >= 4 is 17.7 Å². The Kier molecular flexibility index (Phi) is 10.1. The number of rotatable bonds is 10. The van der Waals surface area contributed by atoms with Crippen LogP contribution in [0, 0.1) is 17.3 Å². The number of ether oxygens (including phenoxy) is 2. The Balaban J connectivity index is 1.14. The molecule has 1 atom stereocenters. The maximum absolute atomic E-state index is 13.7. The van der Waals surface area contributed by atoms with Crippen molar-refractivity contribution in [1.82, 2.24) is 30.2 Å². The number of hydrogen-bond donors (Lipinski definition) is 2. The van der Waals surface area contributed by atoms with Gasteiger partial charge in [0, 0.05) is 72.6 Å². The first kappa shape index (κ1) is 34.0. The summed E-state index contributed by atoms with van der Waals surface area (Å²) in [6, 6.07) is 4.55. The van der Waals surface area contributed by atoms with E-state index in [-0.39, 0.29) is 29.2 Å². The topological polar surface area (TPSA) is 127 Å². The van der Waals surface area contributed by atoms with Crippen LogP contribution in [0.4, 0.5) is 11.8 Å². The molecule has 1 saturated carbocycles. The van der Waals surface area contributed by atoms with Gasteiger partial charge in [0.05, 0.1) is 31.9 Å². The van der Waals surface area contributed by atoms with Crippen molar-refractivity contribution < 1.29 is 14.3 Å². The van der Waals surface area contributed by atoms with Gasteiger partial charge in [0.2, 0.25) is 11.9 Å². The third-order valence-electron chi connectivity index (χ3n) is 10.3. The zero-order chi connectivity index (χ0) is 33.9. The number of hydrogen-bond acceptors (Lipinski definition) is 10. The van der Waals surface area contributed by atoms with Gasteiger partial charge in [-0.05, 0) is 61.8 Å². The van der Waals surface area contributed by atoms with Gasteiger partial charge in [0.25, 0.3) is 0 Å². The first-order valence-corrected chi connectivity index (χ1v) is 17.6. The fourth-order valence-electron chi connectivity index (χ4n) is 7.20. The summed E-state index contributed by atoms with van der Waals surface area (Å²) >= 11 is 0. The van der Waals surface area contributed by atoms with E-state index in [4.69, 9.17) is 24.4 Å². The Bertz CT molecular complexity index is 1520. The molecular weight excluding hydrogens is 604 g/mol. The van der Waals surface area contributed by atoms with E-state index in [1.54, 1.807) is 19.5 Å². The number of nitrogens with zero attached hydrogens (tertiary/aromatic N) is 6. The summed E-state index contributed by atoms with van der Waals surface area (Å²) < 4.78 is 10.6. The molecule has 3 aromatic heterocycles. The first-order chi connectivity index (χ1) is 23.0. The van der Waals surface area contributed by atoms with E-state index in [0.717, 1.165) is 87.5 Å². The Morgan fingerprint density at radius 3 is 2.23 bits per heavy atom. The summed E-state index contributed by atoms with van der Waals surface area (Å²) in [5.41, 5.74) is 4.05. The highest BCUT2D eigenvalue weighted by molar-refractivity contribution is 5.83. The molecule has 11 nitrogen and oxygen atoms in total. The molecule has 0 radical (unpaired) electrons. The number of carbonyl (C=O) groups excluding carboxylic acids is 1. The largest absolute Gasteiger partial charge is 0.467 e. The molecule has 3 fully saturated rings. The van der Waals surface area contributed by atoms with Crippen LogP contribution in [0.25, 0.3) is 11.1 Å². The number of piperidine rings is 1. The third-order valence-corrected chi connectivity index (χ3v) is 10.3. The maximum atomic E-state index is 13.7. The fraction of sp³-hybridized carbons (Fsp3) is 0.622. The van der Waals surface area contributed by atoms with Crippen molar-refractivity contribution in [2.75, 3.05) is 50.2 Å². The number of amides is 1. The quantitative estimate of drug-likeness (QED) is 0.277. The predicted octanol–water partition coefficient (Wildman–Crippen LogP) is 5.78. The number of pyridine rings is 1. The number of aromatic nitrogens is 5. The molecule has 1 amide bonds. The van der Waals surface area contributed by atoms with E-state index in [9.17, 15) is 4.79 Å². The molecule has 3 aromatic rings. The van der Waals surface area contributed by atoms with E-state index in [1.165, 1.54) is 5.56 Å². The lowest BCUT2D eigenvalue weighted by molar-refractivity contribution is -0.124. The third kappa shape index (κ3) is 7.72. The zero-order valence-electron chi connectivity index (χ0n) is 29.5. The van der Waals surface area contributed by atoms with E-state index < -0.39 is 0 Å². The van der Waals surface area contributed by atoms with Crippen LogP contribution in [0.2, 0.25) is 0 Å². The van der Waals surface area contributed by atoms with Crippen molar-refractivity contribution in [2.24, 2.45) is 17.3 Å². The van der Waals surface area contributed by atoms with Gasteiger partial charge in [-0.2, -0.15) is 4.98 Å². The first-order valence-electron chi connectivity index (χ1n) is 17.6. The highest BCUT2D eigenvalue weighted by Gasteiger charge is 2.42. The van der Waals surface area contributed by atoms with Gasteiger partial charge in [0.1, 0.15) is 5.82 Å². The number of methoxy groups -OCH3 is 1. The minimum atomic E-state index is -0.316. The second-order valence-electron chi connectivity index (χ2n) is 15.5. The van der Waals surface area contributed by atoms with E-state index in [0.29, 0.717) is 29.8 Å². The molecule has 1 spiro atoms. The smallest absolute Gasteiger partial charge is 0.316 e. The van der Waals surface area contributed by atoms with Crippen LogP contribution < -0.4 is 20.3 Å². The van der Waals surface area contributed by atoms with Gasteiger partial charge in [-0.3, -0.25) is 9.78 Å². The fourth-order valence-corrected chi connectivity index (χ4v) is 7.20. The van der Waals surface area contributed by atoms with Crippen LogP contribution in [0.3, 0.4) is 0 Å². The normalized spacial score (nSPS) is 21.4. The van der Waals surface area contributed by atoms with Gasteiger partial charge in [0.15, 0.2) is 0 Å². The lowest BCUT2D eigenvalue weighted by Crippen LogP contribution is -2.51.